The number of para-hydroxylation sites is 1. The zero-order valence-electron chi connectivity index (χ0n) is 20.2. The SMILES string of the molecule is COc1cccc2c(C)cc(N3CCN(C(=O)C(C)Oc4ccc(C(C)C)cc4)CC3)nc12. The Morgan fingerprint density at radius 1 is 1.00 bits per heavy atom. The zero-order chi connectivity index (χ0) is 23.5. The number of carbonyl (C=O) groups excluding carboxylic acids is 1. The number of hydrogen-bond acceptors (Lipinski definition) is 5. The molecule has 2 aromatic carbocycles. The number of nitrogens with zero attached hydrogens (tertiary/aromatic N) is 3. The minimum atomic E-state index is -0.522. The maximum Gasteiger partial charge on any atom is 0.263 e. The van der Waals surface area contributed by atoms with Crippen molar-refractivity contribution in [3.63, 3.8) is 0 Å². The average Bonchev–Trinajstić information content (AvgIpc) is 2.83. The third-order valence-electron chi connectivity index (χ3n) is 6.34. The first-order valence-corrected chi connectivity index (χ1v) is 11.6. The van der Waals surface area contributed by atoms with E-state index >= 15 is 0 Å². The molecular formula is C27H33N3O3. The number of benzene rings is 2. The third kappa shape index (κ3) is 4.90. The molecule has 1 atom stereocenters. The number of piperazine rings is 1. The Morgan fingerprint density at radius 2 is 1.70 bits per heavy atom. The number of rotatable bonds is 6. The molecule has 3 aromatic rings. The molecule has 6 heteroatoms. The summed E-state index contributed by atoms with van der Waals surface area (Å²) in [5.41, 5.74) is 3.30. The fourth-order valence-corrected chi connectivity index (χ4v) is 4.30. The normalized spacial score (nSPS) is 15.1. The monoisotopic (exact) mass is 447 g/mol. The Morgan fingerprint density at radius 3 is 2.33 bits per heavy atom. The standard InChI is InChI=1S/C27H33N3O3/c1-18(2)21-9-11-22(12-10-21)33-20(4)27(31)30-15-13-29(14-16-30)25-17-19(3)23-7-6-8-24(32-5)26(23)28-25/h6-12,17-18,20H,13-16H2,1-5H3. The quantitative estimate of drug-likeness (QED) is 0.544. The number of methoxy groups -OCH3 is 1. The van der Waals surface area contributed by atoms with Crippen LogP contribution in [0.4, 0.5) is 5.82 Å². The summed E-state index contributed by atoms with van der Waals surface area (Å²) in [4.78, 5) is 22.0. The summed E-state index contributed by atoms with van der Waals surface area (Å²) in [5.74, 6) is 2.91. The highest BCUT2D eigenvalue weighted by atomic mass is 16.5. The van der Waals surface area contributed by atoms with Gasteiger partial charge in [0.15, 0.2) is 6.10 Å². The van der Waals surface area contributed by atoms with Crippen molar-refractivity contribution >= 4 is 22.6 Å². The van der Waals surface area contributed by atoms with Crippen molar-refractivity contribution < 1.29 is 14.3 Å². The van der Waals surface area contributed by atoms with Gasteiger partial charge in [0.25, 0.3) is 5.91 Å². The average molecular weight is 448 g/mol. The highest BCUT2D eigenvalue weighted by molar-refractivity contribution is 5.89. The number of ether oxygens (including phenoxy) is 2. The lowest BCUT2D eigenvalue weighted by atomic mass is 10.0. The molecular weight excluding hydrogens is 414 g/mol. The van der Waals surface area contributed by atoms with E-state index in [0.29, 0.717) is 19.0 Å². The molecule has 6 nitrogen and oxygen atoms in total. The highest BCUT2D eigenvalue weighted by Crippen LogP contribution is 2.29. The molecule has 1 fully saturated rings. The second-order valence-electron chi connectivity index (χ2n) is 8.95. The molecule has 1 unspecified atom stereocenters. The molecule has 1 saturated heterocycles. The predicted molar refractivity (Wildman–Crippen MR) is 132 cm³/mol. The molecule has 2 heterocycles. The van der Waals surface area contributed by atoms with Crippen molar-refractivity contribution in [3.8, 4) is 11.5 Å². The van der Waals surface area contributed by atoms with Crippen LogP contribution in [0, 0.1) is 6.92 Å². The molecule has 0 saturated carbocycles. The Kier molecular flexibility index (Phi) is 6.72. The van der Waals surface area contributed by atoms with Gasteiger partial charge in [0.1, 0.15) is 22.8 Å². The van der Waals surface area contributed by atoms with Crippen LogP contribution in [-0.4, -0.2) is 55.2 Å². The van der Waals surface area contributed by atoms with Crippen LogP contribution < -0.4 is 14.4 Å². The van der Waals surface area contributed by atoms with Crippen LogP contribution >= 0.6 is 0 Å². The van der Waals surface area contributed by atoms with E-state index in [2.05, 4.69) is 49.9 Å². The Hall–Kier alpha value is -3.28. The summed E-state index contributed by atoms with van der Waals surface area (Å²) in [6.07, 6.45) is -0.522. The van der Waals surface area contributed by atoms with Crippen molar-refractivity contribution in [1.82, 2.24) is 9.88 Å². The molecule has 0 spiro atoms. The number of aromatic nitrogens is 1. The minimum absolute atomic E-state index is 0.0203. The Bertz CT molecular complexity index is 1120. The number of carbonyl (C=O) groups is 1. The number of anilines is 1. The van der Waals surface area contributed by atoms with Crippen molar-refractivity contribution in [1.29, 1.82) is 0 Å². The number of amides is 1. The van der Waals surface area contributed by atoms with Gasteiger partial charge in [-0.3, -0.25) is 4.79 Å². The van der Waals surface area contributed by atoms with Crippen LogP contribution in [0.5, 0.6) is 11.5 Å². The summed E-state index contributed by atoms with van der Waals surface area (Å²) < 4.78 is 11.5. The largest absolute Gasteiger partial charge is 0.494 e. The second-order valence-corrected chi connectivity index (χ2v) is 8.95. The fourth-order valence-electron chi connectivity index (χ4n) is 4.30. The predicted octanol–water partition coefficient (Wildman–Crippen LogP) is 4.79. The van der Waals surface area contributed by atoms with Crippen molar-refractivity contribution in [3.05, 3.63) is 59.7 Å². The molecule has 1 aliphatic heterocycles. The Balaban J connectivity index is 1.39. The number of hydrogen-bond donors (Lipinski definition) is 0. The molecule has 1 aromatic heterocycles. The van der Waals surface area contributed by atoms with Gasteiger partial charge in [-0.1, -0.05) is 38.1 Å². The van der Waals surface area contributed by atoms with Crippen LogP contribution in [0.15, 0.2) is 48.5 Å². The van der Waals surface area contributed by atoms with Gasteiger partial charge < -0.3 is 19.3 Å². The lowest BCUT2D eigenvalue weighted by Crippen LogP contribution is -2.52. The topological polar surface area (TPSA) is 54.9 Å². The molecule has 33 heavy (non-hydrogen) atoms. The zero-order valence-corrected chi connectivity index (χ0v) is 20.2. The van der Waals surface area contributed by atoms with Gasteiger partial charge in [-0.15, -0.1) is 0 Å². The van der Waals surface area contributed by atoms with Crippen LogP contribution in [0.2, 0.25) is 0 Å². The molecule has 1 aliphatic rings. The van der Waals surface area contributed by atoms with E-state index < -0.39 is 6.10 Å². The summed E-state index contributed by atoms with van der Waals surface area (Å²) >= 11 is 0. The first kappa shape index (κ1) is 22.9. The van der Waals surface area contributed by atoms with Gasteiger partial charge in [-0.2, -0.15) is 0 Å². The van der Waals surface area contributed by atoms with E-state index in [-0.39, 0.29) is 5.91 Å². The van der Waals surface area contributed by atoms with E-state index in [9.17, 15) is 4.79 Å². The van der Waals surface area contributed by atoms with Crippen LogP contribution in [0.25, 0.3) is 10.9 Å². The first-order valence-electron chi connectivity index (χ1n) is 11.6. The maximum atomic E-state index is 13.0. The summed E-state index contributed by atoms with van der Waals surface area (Å²) in [6.45, 7) is 11.0. The molecule has 0 N–H and O–H groups in total. The first-order chi connectivity index (χ1) is 15.9. The van der Waals surface area contributed by atoms with Gasteiger partial charge >= 0.3 is 0 Å². The minimum Gasteiger partial charge on any atom is -0.494 e. The van der Waals surface area contributed by atoms with Gasteiger partial charge in [-0.25, -0.2) is 4.98 Å². The summed E-state index contributed by atoms with van der Waals surface area (Å²) in [5, 5.41) is 1.10. The van der Waals surface area contributed by atoms with Gasteiger partial charge in [0.05, 0.1) is 7.11 Å². The summed E-state index contributed by atoms with van der Waals surface area (Å²) in [6, 6.07) is 16.1. The van der Waals surface area contributed by atoms with E-state index in [1.165, 1.54) is 5.56 Å². The number of fused-ring (bicyclic) bond motifs is 1. The number of pyridine rings is 1. The molecule has 1 amide bonds. The fraction of sp³-hybridized carbons (Fsp3) is 0.407. The molecule has 4 rings (SSSR count). The lowest BCUT2D eigenvalue weighted by molar-refractivity contribution is -0.138. The van der Waals surface area contributed by atoms with E-state index in [1.807, 2.05) is 36.1 Å². The number of aryl methyl sites for hydroxylation is 1. The summed E-state index contributed by atoms with van der Waals surface area (Å²) in [7, 11) is 1.67. The smallest absolute Gasteiger partial charge is 0.263 e. The van der Waals surface area contributed by atoms with Crippen molar-refractivity contribution in [2.45, 2.75) is 39.7 Å². The Labute approximate surface area is 196 Å². The van der Waals surface area contributed by atoms with Crippen LogP contribution in [0.1, 0.15) is 37.8 Å². The van der Waals surface area contributed by atoms with E-state index in [0.717, 1.165) is 46.9 Å². The lowest BCUT2D eigenvalue weighted by Gasteiger charge is -2.36. The van der Waals surface area contributed by atoms with Crippen LogP contribution in [-0.2, 0) is 4.79 Å². The van der Waals surface area contributed by atoms with Gasteiger partial charge in [-0.05, 0) is 55.2 Å². The van der Waals surface area contributed by atoms with Gasteiger partial charge in [0.2, 0.25) is 0 Å². The van der Waals surface area contributed by atoms with Gasteiger partial charge in [0, 0.05) is 31.6 Å². The van der Waals surface area contributed by atoms with E-state index in [4.69, 9.17) is 14.5 Å². The molecule has 0 bridgehead atoms. The third-order valence-corrected chi connectivity index (χ3v) is 6.34. The van der Waals surface area contributed by atoms with E-state index in [1.54, 1.807) is 7.11 Å². The van der Waals surface area contributed by atoms with Crippen molar-refractivity contribution in [2.24, 2.45) is 0 Å². The van der Waals surface area contributed by atoms with Crippen molar-refractivity contribution in [2.75, 3.05) is 38.2 Å². The second kappa shape index (κ2) is 9.69. The molecule has 174 valence electrons. The van der Waals surface area contributed by atoms with Crippen LogP contribution in [0.3, 0.4) is 0 Å². The molecule has 0 aliphatic carbocycles. The highest BCUT2D eigenvalue weighted by Gasteiger charge is 2.27. The maximum absolute atomic E-state index is 13.0. The molecule has 0 radical (unpaired) electrons.